The molecule has 0 radical (unpaired) electrons. The molecule has 2 aromatic rings. The Balaban J connectivity index is 0.000000421. The third kappa shape index (κ3) is 20.8. The first-order valence-electron chi connectivity index (χ1n) is 21.7. The van der Waals surface area contributed by atoms with Gasteiger partial charge in [-0.05, 0) is 86.2 Å². The third-order valence-corrected chi connectivity index (χ3v) is 11.8. The Morgan fingerprint density at radius 1 is 0.532 bits per heavy atom. The molecule has 2 aromatic carbocycles. The molecular weight excluding hydrogens is 887 g/mol. The van der Waals surface area contributed by atoms with E-state index in [4.69, 9.17) is 31.2 Å². The van der Waals surface area contributed by atoms with Crippen molar-refractivity contribution in [2.75, 3.05) is 0 Å². The molecule has 350 valence electrons. The number of carbonyl (C=O) groups is 6. The number of nitrogens with one attached hydrogen (secondary N) is 2. The second-order valence-corrected chi connectivity index (χ2v) is 16.4. The van der Waals surface area contributed by atoms with E-state index in [-0.39, 0.29) is 76.0 Å². The number of hydrogen-bond acceptors (Lipinski definition) is 10. The van der Waals surface area contributed by atoms with E-state index in [1.807, 2.05) is 60.7 Å². The summed E-state index contributed by atoms with van der Waals surface area (Å²) in [4.78, 5) is 67.1. The van der Waals surface area contributed by atoms with Gasteiger partial charge in [-0.3, -0.25) is 19.2 Å². The van der Waals surface area contributed by atoms with Crippen LogP contribution in [0.3, 0.4) is 0 Å². The topological polar surface area (TPSA) is 237 Å². The predicted molar refractivity (Wildman–Crippen MR) is 233 cm³/mol. The molecule has 4 fully saturated rings. The number of esters is 2. The number of carboxylic acid groups (broad SMARTS) is 2. The van der Waals surface area contributed by atoms with E-state index < -0.39 is 36.1 Å². The van der Waals surface area contributed by atoms with E-state index in [0.717, 1.165) is 101 Å². The van der Waals surface area contributed by atoms with Gasteiger partial charge in [-0.25, -0.2) is 9.59 Å². The largest absolute Gasteiger partial charge is 0.480 e. The van der Waals surface area contributed by atoms with Crippen LogP contribution in [0.1, 0.15) is 128 Å². The van der Waals surface area contributed by atoms with Crippen LogP contribution in [-0.2, 0) is 71.9 Å². The zero-order valence-corrected chi connectivity index (χ0v) is 38.3. The normalized spacial score (nSPS) is 18.1. The van der Waals surface area contributed by atoms with Crippen LogP contribution in [0.25, 0.3) is 0 Å². The molecule has 0 bridgehead atoms. The molecule has 14 nitrogen and oxygen atoms in total. The maximum Gasteiger partial charge on any atom is 0.329 e. The summed E-state index contributed by atoms with van der Waals surface area (Å²) in [6.07, 6.45) is 16.9. The zero-order valence-electron chi connectivity index (χ0n) is 36.8. The minimum atomic E-state index is -0.915. The van der Waals surface area contributed by atoms with E-state index >= 15 is 0 Å². The number of aliphatic carboxylic acids is 2. The average Bonchev–Trinajstić information content (AvgIpc) is 4.10. The van der Waals surface area contributed by atoms with Crippen molar-refractivity contribution in [3.63, 3.8) is 0 Å². The Bertz CT molecular complexity index is 1610. The maximum absolute atomic E-state index is 12.2. The van der Waals surface area contributed by atoms with Crippen LogP contribution in [-0.4, -0.2) is 70.1 Å². The molecule has 62 heavy (non-hydrogen) atoms. The van der Waals surface area contributed by atoms with Gasteiger partial charge in [0.2, 0.25) is 11.8 Å². The van der Waals surface area contributed by atoms with Crippen LogP contribution in [0.4, 0.5) is 0 Å². The van der Waals surface area contributed by atoms with Crippen LogP contribution in [0.15, 0.2) is 60.7 Å². The van der Waals surface area contributed by atoms with Gasteiger partial charge in [0.25, 0.3) is 0 Å². The molecule has 2 amide bonds. The first-order valence-corrected chi connectivity index (χ1v) is 21.7. The summed E-state index contributed by atoms with van der Waals surface area (Å²) in [5.41, 5.74) is 13.3. The molecule has 0 saturated heterocycles. The van der Waals surface area contributed by atoms with Gasteiger partial charge in [0.15, 0.2) is 0 Å². The van der Waals surface area contributed by atoms with E-state index in [9.17, 15) is 28.8 Å². The molecular formula is C47H71N4O10Pd-. The summed E-state index contributed by atoms with van der Waals surface area (Å²) in [6, 6.07) is 17.0. The number of carbonyl (C=O) groups excluding carboxylic acids is 4. The van der Waals surface area contributed by atoms with E-state index in [1.54, 1.807) is 0 Å². The molecule has 4 aliphatic carbocycles. The predicted octanol–water partition coefficient (Wildman–Crippen LogP) is 6.47. The summed E-state index contributed by atoms with van der Waals surface area (Å²) < 4.78 is 10.6. The first-order chi connectivity index (χ1) is 28.8. The van der Waals surface area contributed by atoms with Crippen LogP contribution in [0.5, 0.6) is 0 Å². The SMILES string of the molecule is CC(=O)N[C@H](C(=O)O)C1CCCC1.CC(=O)N[C@H](C(=O)OCc1ccccc1)C1CCCC1.N[C@H](C(=O)O)C1CCCC1.N[C@H](C(=O)OCc1ccccc1)C1CCCC1.[CH3-].[Pd]. The van der Waals surface area contributed by atoms with Crippen LogP contribution in [0.2, 0.25) is 0 Å². The molecule has 0 unspecified atom stereocenters. The standard InChI is InChI=1S/C16H21NO3.C14H19NO2.C9H15NO3.C7H13NO2.CH3.Pd/c1-12(18)17-15(14-9-5-6-10-14)16(19)20-11-13-7-3-2-4-8-13;15-13(12-8-4-5-9-12)14(16)17-10-11-6-2-1-3-7-11;1-6(11)10-8(9(12)13)7-4-2-3-5-7;8-6(7(9)10)5-3-1-2-4-5;;/h2-4,7-8,14-15H,5-6,9-11H2,1H3,(H,17,18);1-3,6-7,12-13H,4-5,8-10,15H2;7-8H,2-5H2,1H3,(H,10,11)(H,12,13);5-6H,1-4,8H2,(H,9,10);1H3;/q;;;;-1;/t15-;13-;8-;6-;;/m0000../s1. The van der Waals surface area contributed by atoms with Crippen LogP contribution < -0.4 is 22.1 Å². The summed E-state index contributed by atoms with van der Waals surface area (Å²) in [7, 11) is 0. The molecule has 0 aromatic heterocycles. The zero-order chi connectivity index (χ0) is 43.9. The van der Waals surface area contributed by atoms with E-state index in [2.05, 4.69) is 10.6 Å². The molecule has 6 rings (SSSR count). The van der Waals surface area contributed by atoms with Crippen molar-refractivity contribution < 1.29 is 68.9 Å². The van der Waals surface area contributed by atoms with Crippen LogP contribution in [0, 0.1) is 31.1 Å². The molecule has 4 aliphatic rings. The number of amides is 2. The summed E-state index contributed by atoms with van der Waals surface area (Å²) in [5.74, 6) is -1.91. The Morgan fingerprint density at radius 2 is 0.855 bits per heavy atom. The molecule has 8 N–H and O–H groups in total. The van der Waals surface area contributed by atoms with Gasteiger partial charge in [-0.2, -0.15) is 0 Å². The van der Waals surface area contributed by atoms with Gasteiger partial charge in [0, 0.05) is 34.3 Å². The quantitative estimate of drug-likeness (QED) is 0.0679. The van der Waals surface area contributed by atoms with Gasteiger partial charge in [0.1, 0.15) is 37.4 Å². The van der Waals surface area contributed by atoms with Crippen molar-refractivity contribution >= 4 is 35.7 Å². The summed E-state index contributed by atoms with van der Waals surface area (Å²) in [5, 5.41) is 22.6. The smallest absolute Gasteiger partial charge is 0.329 e. The second kappa shape index (κ2) is 30.8. The number of ether oxygens (including phenoxy) is 2. The van der Waals surface area contributed by atoms with Crippen molar-refractivity contribution in [2.45, 2.75) is 154 Å². The number of rotatable bonds is 14. The van der Waals surface area contributed by atoms with E-state index in [1.165, 1.54) is 26.7 Å². The first kappa shape index (κ1) is 55.9. The van der Waals surface area contributed by atoms with Gasteiger partial charge in [0.05, 0.1) is 0 Å². The molecule has 15 heteroatoms. The Morgan fingerprint density at radius 3 is 1.21 bits per heavy atom. The van der Waals surface area contributed by atoms with Gasteiger partial charge < -0.3 is 49.2 Å². The second-order valence-electron chi connectivity index (χ2n) is 16.4. The van der Waals surface area contributed by atoms with Crippen molar-refractivity contribution in [1.29, 1.82) is 0 Å². The Hall–Kier alpha value is -4.16. The number of nitrogens with two attached hydrogens (primary N) is 2. The number of benzene rings is 2. The minimum absolute atomic E-state index is 0. The van der Waals surface area contributed by atoms with Crippen molar-refractivity contribution in [2.24, 2.45) is 35.1 Å². The monoisotopic (exact) mass is 957 g/mol. The molecule has 0 aliphatic heterocycles. The molecule has 0 heterocycles. The van der Waals surface area contributed by atoms with Crippen LogP contribution >= 0.6 is 0 Å². The van der Waals surface area contributed by atoms with Gasteiger partial charge in [-0.1, -0.05) is 112 Å². The fourth-order valence-electron chi connectivity index (χ4n) is 8.44. The Kier molecular flexibility index (Phi) is 27.8. The molecule has 4 saturated carbocycles. The van der Waals surface area contributed by atoms with E-state index in [0.29, 0.717) is 12.5 Å². The summed E-state index contributed by atoms with van der Waals surface area (Å²) in [6.45, 7) is 3.36. The fraction of sp³-hybridized carbons (Fsp3) is 0.596. The van der Waals surface area contributed by atoms with Crippen molar-refractivity contribution in [1.82, 2.24) is 10.6 Å². The molecule has 0 spiro atoms. The number of carboxylic acids is 2. The summed E-state index contributed by atoms with van der Waals surface area (Å²) >= 11 is 0. The van der Waals surface area contributed by atoms with Gasteiger partial charge in [-0.15, -0.1) is 0 Å². The average molecular weight is 959 g/mol. The third-order valence-electron chi connectivity index (χ3n) is 11.8. The number of hydrogen-bond donors (Lipinski definition) is 6. The maximum atomic E-state index is 12.2. The Labute approximate surface area is 382 Å². The fourth-order valence-corrected chi connectivity index (χ4v) is 8.44. The van der Waals surface area contributed by atoms with Crippen molar-refractivity contribution in [3.05, 3.63) is 79.2 Å². The van der Waals surface area contributed by atoms with Crippen molar-refractivity contribution in [3.8, 4) is 0 Å². The molecule has 4 atom stereocenters. The van der Waals surface area contributed by atoms with Gasteiger partial charge >= 0.3 is 23.9 Å². The minimum Gasteiger partial charge on any atom is -0.480 e.